The number of hydrogen-bond donors (Lipinski definition) is 1. The number of nitrogens with zero attached hydrogens (tertiary/aromatic N) is 2. The zero-order valence-electron chi connectivity index (χ0n) is 17.9. The van der Waals surface area contributed by atoms with Crippen molar-refractivity contribution in [2.24, 2.45) is 0 Å². The molecule has 0 saturated carbocycles. The van der Waals surface area contributed by atoms with Gasteiger partial charge in [-0.2, -0.15) is 0 Å². The van der Waals surface area contributed by atoms with Crippen LogP contribution in [0.1, 0.15) is 16.8 Å². The van der Waals surface area contributed by atoms with E-state index in [9.17, 15) is 4.79 Å². The molecule has 4 nitrogen and oxygen atoms in total. The lowest BCUT2D eigenvalue weighted by molar-refractivity contribution is -0.115. The summed E-state index contributed by atoms with van der Waals surface area (Å²) in [6.07, 6.45) is 2.04. The third kappa shape index (κ3) is 3.81. The van der Waals surface area contributed by atoms with Gasteiger partial charge in [-0.25, -0.2) is 9.97 Å². The van der Waals surface area contributed by atoms with E-state index in [0.29, 0.717) is 5.82 Å². The second kappa shape index (κ2) is 8.26. The summed E-state index contributed by atoms with van der Waals surface area (Å²) in [6.45, 7) is 0. The predicted molar refractivity (Wildman–Crippen MR) is 134 cm³/mol. The third-order valence-corrected chi connectivity index (χ3v) is 6.94. The van der Waals surface area contributed by atoms with Crippen molar-refractivity contribution in [1.29, 1.82) is 0 Å². The van der Waals surface area contributed by atoms with Gasteiger partial charge in [0.2, 0.25) is 5.91 Å². The van der Waals surface area contributed by atoms with Gasteiger partial charge >= 0.3 is 0 Å². The lowest BCUT2D eigenvalue weighted by Crippen LogP contribution is -2.18. The quantitative estimate of drug-likeness (QED) is 0.351. The highest BCUT2D eigenvalue weighted by molar-refractivity contribution is 7.13. The molecular formula is C28H21N3OS. The minimum Gasteiger partial charge on any atom is -0.309 e. The van der Waals surface area contributed by atoms with Crippen LogP contribution in [0.4, 0.5) is 5.82 Å². The molecule has 160 valence electrons. The van der Waals surface area contributed by atoms with Crippen LogP contribution in [-0.2, 0) is 24.1 Å². The molecule has 0 aliphatic heterocycles. The molecular weight excluding hydrogens is 426 g/mol. The molecule has 3 aromatic carbocycles. The monoisotopic (exact) mass is 447 g/mol. The summed E-state index contributed by atoms with van der Waals surface area (Å²) in [5.41, 5.74) is 6.00. The first kappa shape index (κ1) is 19.8. The Morgan fingerprint density at radius 3 is 2.58 bits per heavy atom. The van der Waals surface area contributed by atoms with Crippen molar-refractivity contribution >= 4 is 33.8 Å². The summed E-state index contributed by atoms with van der Waals surface area (Å²) >= 11 is 1.60. The Hall–Kier alpha value is -3.83. The molecule has 2 heterocycles. The number of thiophene rings is 1. The van der Waals surface area contributed by atoms with Crippen LogP contribution in [0.2, 0.25) is 0 Å². The summed E-state index contributed by atoms with van der Waals surface area (Å²) < 4.78 is 0. The van der Waals surface area contributed by atoms with Crippen LogP contribution >= 0.6 is 11.3 Å². The number of carbonyl (C=O) groups excluding carboxylic acids is 1. The Morgan fingerprint density at radius 1 is 0.848 bits per heavy atom. The van der Waals surface area contributed by atoms with Crippen LogP contribution in [0.5, 0.6) is 0 Å². The third-order valence-electron chi connectivity index (χ3n) is 6.06. The Morgan fingerprint density at radius 2 is 1.70 bits per heavy atom. The summed E-state index contributed by atoms with van der Waals surface area (Å²) in [5, 5.41) is 7.39. The van der Waals surface area contributed by atoms with Crippen LogP contribution < -0.4 is 5.32 Å². The maximum atomic E-state index is 13.0. The van der Waals surface area contributed by atoms with Crippen LogP contribution in [0, 0.1) is 0 Å². The smallest absolute Gasteiger partial charge is 0.230 e. The van der Waals surface area contributed by atoms with Crippen molar-refractivity contribution < 1.29 is 4.79 Å². The Balaban J connectivity index is 1.35. The number of anilines is 1. The standard InChI is InChI=1S/C28H21N3OS/c32-25(17-18-11-12-19-6-1-2-8-21(19)16-18)30-28-27(24-10-5-15-33-24)31-26-22-9-4-3-7-20(22)13-14-23(26)29-28/h1-12,15-16H,13-14,17H2,(H,29,30,32). The average molecular weight is 448 g/mol. The van der Waals surface area contributed by atoms with E-state index in [1.165, 1.54) is 10.9 Å². The summed E-state index contributed by atoms with van der Waals surface area (Å²) in [5.74, 6) is 0.454. The molecule has 0 unspecified atom stereocenters. The van der Waals surface area contributed by atoms with Gasteiger partial charge in [-0.05, 0) is 46.2 Å². The summed E-state index contributed by atoms with van der Waals surface area (Å²) in [4.78, 5) is 24.0. The second-order valence-electron chi connectivity index (χ2n) is 8.26. The molecule has 0 saturated heterocycles. The van der Waals surface area contributed by atoms with E-state index in [-0.39, 0.29) is 12.3 Å². The van der Waals surface area contributed by atoms with E-state index in [0.717, 1.165) is 51.3 Å². The number of amides is 1. The Kier molecular flexibility index (Phi) is 4.96. The van der Waals surface area contributed by atoms with E-state index >= 15 is 0 Å². The number of hydrogen-bond acceptors (Lipinski definition) is 4. The summed E-state index contributed by atoms with van der Waals surface area (Å²) in [6, 6.07) is 26.7. The van der Waals surface area contributed by atoms with Crippen LogP contribution in [0.25, 0.3) is 32.6 Å². The molecule has 5 aromatic rings. The summed E-state index contributed by atoms with van der Waals surface area (Å²) in [7, 11) is 0. The number of aryl methyl sites for hydroxylation is 2. The van der Waals surface area contributed by atoms with Crippen LogP contribution in [0.15, 0.2) is 84.2 Å². The lowest BCUT2D eigenvalue weighted by Gasteiger charge is -2.20. The minimum absolute atomic E-state index is 0.0893. The second-order valence-corrected chi connectivity index (χ2v) is 9.20. The first-order chi connectivity index (χ1) is 16.2. The van der Waals surface area contributed by atoms with Gasteiger partial charge in [0.1, 0.15) is 5.69 Å². The molecule has 1 amide bonds. The van der Waals surface area contributed by atoms with E-state index in [1.54, 1.807) is 11.3 Å². The van der Waals surface area contributed by atoms with Gasteiger partial charge < -0.3 is 5.32 Å². The number of carbonyl (C=O) groups is 1. The van der Waals surface area contributed by atoms with Gasteiger partial charge in [0.05, 0.1) is 22.7 Å². The fourth-order valence-corrected chi connectivity index (χ4v) is 5.18. The molecule has 1 aliphatic carbocycles. The SMILES string of the molecule is O=C(Cc1ccc2ccccc2c1)Nc1nc2c(nc1-c1cccs1)-c1ccccc1CC2. The zero-order valence-corrected chi connectivity index (χ0v) is 18.7. The minimum atomic E-state index is -0.0893. The molecule has 0 spiro atoms. The molecule has 0 atom stereocenters. The highest BCUT2D eigenvalue weighted by Gasteiger charge is 2.23. The van der Waals surface area contributed by atoms with Crippen molar-refractivity contribution in [3.8, 4) is 21.8 Å². The largest absolute Gasteiger partial charge is 0.309 e. The van der Waals surface area contributed by atoms with Crippen molar-refractivity contribution in [3.05, 3.63) is 101 Å². The number of aromatic nitrogens is 2. The first-order valence-electron chi connectivity index (χ1n) is 11.1. The van der Waals surface area contributed by atoms with Gasteiger partial charge in [0, 0.05) is 5.56 Å². The number of fused-ring (bicyclic) bond motifs is 4. The Bertz CT molecular complexity index is 1490. The maximum Gasteiger partial charge on any atom is 0.230 e. The molecule has 6 rings (SSSR count). The number of benzene rings is 3. The number of nitrogens with one attached hydrogen (secondary N) is 1. The van der Waals surface area contributed by atoms with Crippen molar-refractivity contribution in [1.82, 2.24) is 9.97 Å². The zero-order chi connectivity index (χ0) is 22.2. The highest BCUT2D eigenvalue weighted by Crippen LogP contribution is 2.36. The molecule has 5 heteroatoms. The maximum absolute atomic E-state index is 13.0. The van der Waals surface area contributed by atoms with Crippen LogP contribution in [-0.4, -0.2) is 15.9 Å². The normalized spacial score (nSPS) is 12.2. The van der Waals surface area contributed by atoms with Crippen molar-refractivity contribution in [3.63, 3.8) is 0 Å². The van der Waals surface area contributed by atoms with Gasteiger partial charge in [0.25, 0.3) is 0 Å². The number of rotatable bonds is 4. The van der Waals surface area contributed by atoms with Gasteiger partial charge in [-0.15, -0.1) is 11.3 Å². The fraction of sp³-hybridized carbons (Fsp3) is 0.107. The average Bonchev–Trinajstić information content (AvgIpc) is 3.38. The molecule has 1 aliphatic rings. The van der Waals surface area contributed by atoms with Gasteiger partial charge in [-0.3, -0.25) is 4.79 Å². The van der Waals surface area contributed by atoms with Crippen LogP contribution in [0.3, 0.4) is 0 Å². The molecule has 0 radical (unpaired) electrons. The topological polar surface area (TPSA) is 54.9 Å². The van der Waals surface area contributed by atoms with Gasteiger partial charge in [-0.1, -0.05) is 72.8 Å². The predicted octanol–water partition coefficient (Wildman–Crippen LogP) is 6.31. The van der Waals surface area contributed by atoms with E-state index in [4.69, 9.17) is 9.97 Å². The highest BCUT2D eigenvalue weighted by atomic mass is 32.1. The lowest BCUT2D eigenvalue weighted by atomic mass is 9.92. The van der Waals surface area contributed by atoms with Crippen molar-refractivity contribution in [2.75, 3.05) is 5.32 Å². The van der Waals surface area contributed by atoms with Crippen molar-refractivity contribution in [2.45, 2.75) is 19.3 Å². The van der Waals surface area contributed by atoms with E-state index < -0.39 is 0 Å². The van der Waals surface area contributed by atoms with Gasteiger partial charge in [0.15, 0.2) is 5.82 Å². The molecule has 33 heavy (non-hydrogen) atoms. The molecule has 2 aromatic heterocycles. The molecule has 1 N–H and O–H groups in total. The fourth-order valence-electron chi connectivity index (χ4n) is 4.47. The molecule has 0 bridgehead atoms. The van der Waals surface area contributed by atoms with E-state index in [2.05, 4.69) is 47.8 Å². The van der Waals surface area contributed by atoms with E-state index in [1.807, 2.05) is 41.8 Å². The Labute approximate surface area is 196 Å². The molecule has 0 fully saturated rings. The first-order valence-corrected chi connectivity index (χ1v) is 11.9.